The molecule has 142 valence electrons. The van der Waals surface area contributed by atoms with Crippen LogP contribution in [-0.4, -0.2) is 34.9 Å². The fraction of sp³-hybridized carbons (Fsp3) is 0.333. The van der Waals surface area contributed by atoms with Gasteiger partial charge in [0.15, 0.2) is 0 Å². The van der Waals surface area contributed by atoms with Crippen molar-refractivity contribution < 1.29 is 9.53 Å². The summed E-state index contributed by atoms with van der Waals surface area (Å²) >= 11 is 1.68. The van der Waals surface area contributed by atoms with Gasteiger partial charge in [0.05, 0.1) is 18.1 Å². The first kappa shape index (κ1) is 19.3. The van der Waals surface area contributed by atoms with Crippen molar-refractivity contribution in [2.45, 2.75) is 31.2 Å². The van der Waals surface area contributed by atoms with Crippen LogP contribution in [0.15, 0.2) is 53.4 Å². The van der Waals surface area contributed by atoms with E-state index in [0.717, 1.165) is 46.2 Å². The van der Waals surface area contributed by atoms with Gasteiger partial charge < -0.3 is 14.6 Å². The van der Waals surface area contributed by atoms with Crippen molar-refractivity contribution in [2.75, 3.05) is 19.4 Å². The van der Waals surface area contributed by atoms with Gasteiger partial charge in [0.25, 0.3) is 0 Å². The number of para-hydroxylation sites is 2. The zero-order chi connectivity index (χ0) is 19.1. The van der Waals surface area contributed by atoms with Crippen molar-refractivity contribution in [3.8, 4) is 5.75 Å². The number of nitrogens with one attached hydrogen (secondary N) is 1. The Labute approximate surface area is 164 Å². The van der Waals surface area contributed by atoms with Gasteiger partial charge in [-0.05, 0) is 49.7 Å². The van der Waals surface area contributed by atoms with Crippen molar-refractivity contribution >= 4 is 28.7 Å². The highest BCUT2D eigenvalue weighted by molar-refractivity contribution is 7.99. The van der Waals surface area contributed by atoms with Gasteiger partial charge in [-0.25, -0.2) is 4.98 Å². The Hall–Kier alpha value is -2.47. The van der Waals surface area contributed by atoms with Gasteiger partial charge in [0.2, 0.25) is 5.91 Å². The number of aryl methyl sites for hydroxylation is 2. The number of ether oxygens (including phenoxy) is 1. The second kappa shape index (κ2) is 9.46. The Morgan fingerprint density at radius 1 is 1.19 bits per heavy atom. The minimum atomic E-state index is 0.100. The van der Waals surface area contributed by atoms with Crippen LogP contribution in [0, 0.1) is 6.92 Å². The molecule has 3 aromatic rings. The molecule has 1 amide bonds. The predicted molar refractivity (Wildman–Crippen MR) is 110 cm³/mol. The molecule has 0 fully saturated rings. The molecule has 0 spiro atoms. The molecular formula is C21H25N3O2S. The number of hydrogen-bond donors (Lipinski definition) is 1. The van der Waals surface area contributed by atoms with Crippen LogP contribution in [0.3, 0.4) is 0 Å². The summed E-state index contributed by atoms with van der Waals surface area (Å²) in [5.74, 6) is 2.73. The van der Waals surface area contributed by atoms with Gasteiger partial charge in [-0.3, -0.25) is 4.79 Å². The quantitative estimate of drug-likeness (QED) is 0.447. The summed E-state index contributed by atoms with van der Waals surface area (Å²) in [6.07, 6.45) is 1.41. The molecule has 0 aliphatic carbocycles. The first-order valence-electron chi connectivity index (χ1n) is 9.13. The highest BCUT2D eigenvalue weighted by Crippen LogP contribution is 2.21. The molecule has 0 saturated carbocycles. The Morgan fingerprint density at radius 3 is 2.74 bits per heavy atom. The topological polar surface area (TPSA) is 56.1 Å². The van der Waals surface area contributed by atoms with Gasteiger partial charge in [0.1, 0.15) is 11.6 Å². The van der Waals surface area contributed by atoms with Crippen LogP contribution < -0.4 is 10.1 Å². The minimum absolute atomic E-state index is 0.100. The van der Waals surface area contributed by atoms with E-state index in [0.29, 0.717) is 13.0 Å². The number of thioether (sulfide) groups is 1. The van der Waals surface area contributed by atoms with Crippen molar-refractivity contribution in [3.05, 3.63) is 54.4 Å². The summed E-state index contributed by atoms with van der Waals surface area (Å²) in [4.78, 5) is 17.7. The van der Waals surface area contributed by atoms with E-state index < -0.39 is 0 Å². The SMILES string of the molecule is COc1ccc(SCCC(=O)NCCCn2c(C)nc3ccccc32)cc1. The van der Waals surface area contributed by atoms with E-state index in [-0.39, 0.29) is 5.91 Å². The number of carbonyl (C=O) groups excluding carboxylic acids is 1. The third kappa shape index (κ3) is 5.26. The molecule has 0 radical (unpaired) electrons. The second-order valence-electron chi connectivity index (χ2n) is 6.28. The maximum Gasteiger partial charge on any atom is 0.220 e. The Balaban J connectivity index is 1.36. The number of amides is 1. The molecule has 3 rings (SSSR count). The van der Waals surface area contributed by atoms with Crippen molar-refractivity contribution in [1.82, 2.24) is 14.9 Å². The Bertz CT molecular complexity index is 890. The summed E-state index contributed by atoms with van der Waals surface area (Å²) in [6.45, 7) is 3.56. The lowest BCUT2D eigenvalue weighted by Crippen LogP contribution is -2.25. The first-order valence-corrected chi connectivity index (χ1v) is 10.1. The first-order chi connectivity index (χ1) is 13.2. The molecule has 6 heteroatoms. The van der Waals surface area contributed by atoms with E-state index >= 15 is 0 Å². The van der Waals surface area contributed by atoms with Crippen molar-refractivity contribution in [3.63, 3.8) is 0 Å². The van der Waals surface area contributed by atoms with E-state index in [9.17, 15) is 4.79 Å². The number of nitrogens with zero attached hydrogens (tertiary/aromatic N) is 2. The number of methoxy groups -OCH3 is 1. The molecule has 0 bridgehead atoms. The number of fused-ring (bicyclic) bond motifs is 1. The lowest BCUT2D eigenvalue weighted by Gasteiger charge is -2.08. The summed E-state index contributed by atoms with van der Waals surface area (Å²) in [6, 6.07) is 16.0. The Morgan fingerprint density at radius 2 is 1.96 bits per heavy atom. The normalized spacial score (nSPS) is 10.9. The van der Waals surface area contributed by atoms with Gasteiger partial charge >= 0.3 is 0 Å². The molecule has 1 aromatic heterocycles. The van der Waals surface area contributed by atoms with Gasteiger partial charge in [0, 0.05) is 30.2 Å². The van der Waals surface area contributed by atoms with E-state index in [4.69, 9.17) is 4.74 Å². The summed E-state index contributed by atoms with van der Waals surface area (Å²) in [5.41, 5.74) is 2.17. The molecule has 1 heterocycles. The maximum atomic E-state index is 12.0. The molecule has 0 unspecified atom stereocenters. The number of hydrogen-bond acceptors (Lipinski definition) is 4. The van der Waals surface area contributed by atoms with Crippen molar-refractivity contribution in [2.24, 2.45) is 0 Å². The van der Waals surface area contributed by atoms with Gasteiger partial charge in [-0.1, -0.05) is 12.1 Å². The molecule has 1 N–H and O–H groups in total. The van der Waals surface area contributed by atoms with Crippen LogP contribution in [0.2, 0.25) is 0 Å². The number of carbonyl (C=O) groups is 1. The minimum Gasteiger partial charge on any atom is -0.497 e. The number of imidazole rings is 1. The molecule has 5 nitrogen and oxygen atoms in total. The second-order valence-corrected chi connectivity index (χ2v) is 7.45. The summed E-state index contributed by atoms with van der Waals surface area (Å²) in [5, 5.41) is 3.01. The molecule has 0 atom stereocenters. The average Bonchev–Trinajstić information content (AvgIpc) is 3.01. The zero-order valence-corrected chi connectivity index (χ0v) is 16.6. The van der Waals surface area contributed by atoms with Crippen molar-refractivity contribution in [1.29, 1.82) is 0 Å². The highest BCUT2D eigenvalue weighted by atomic mass is 32.2. The maximum absolute atomic E-state index is 12.0. The van der Waals surface area contributed by atoms with E-state index in [1.807, 2.05) is 49.4 Å². The van der Waals surface area contributed by atoms with E-state index in [1.54, 1.807) is 18.9 Å². The average molecular weight is 384 g/mol. The van der Waals surface area contributed by atoms with Gasteiger partial charge in [-0.15, -0.1) is 11.8 Å². The highest BCUT2D eigenvalue weighted by Gasteiger charge is 2.07. The lowest BCUT2D eigenvalue weighted by atomic mass is 10.3. The molecular weight excluding hydrogens is 358 g/mol. The molecule has 0 saturated heterocycles. The van der Waals surface area contributed by atoms with Crippen LogP contribution in [-0.2, 0) is 11.3 Å². The van der Waals surface area contributed by atoms with Crippen LogP contribution >= 0.6 is 11.8 Å². The van der Waals surface area contributed by atoms with E-state index in [1.165, 1.54) is 0 Å². The monoisotopic (exact) mass is 383 g/mol. The molecule has 0 aliphatic rings. The Kier molecular flexibility index (Phi) is 6.76. The van der Waals surface area contributed by atoms with Crippen LogP contribution in [0.4, 0.5) is 0 Å². The third-order valence-corrected chi connectivity index (χ3v) is 5.40. The summed E-state index contributed by atoms with van der Waals surface area (Å²) < 4.78 is 7.35. The standard InChI is InChI=1S/C21H25N3O2S/c1-16-23-19-6-3-4-7-20(19)24(16)14-5-13-22-21(25)12-15-27-18-10-8-17(26-2)9-11-18/h3-4,6-11H,5,12-15H2,1-2H3,(H,22,25). The number of benzene rings is 2. The number of aromatic nitrogens is 2. The van der Waals surface area contributed by atoms with E-state index in [2.05, 4.69) is 20.9 Å². The van der Waals surface area contributed by atoms with Gasteiger partial charge in [-0.2, -0.15) is 0 Å². The molecule has 27 heavy (non-hydrogen) atoms. The third-order valence-electron chi connectivity index (χ3n) is 4.38. The van der Waals surface area contributed by atoms with Crippen LogP contribution in [0.25, 0.3) is 11.0 Å². The predicted octanol–water partition coefficient (Wildman–Crippen LogP) is 4.04. The smallest absolute Gasteiger partial charge is 0.220 e. The van der Waals surface area contributed by atoms with Crippen LogP contribution in [0.5, 0.6) is 5.75 Å². The molecule has 2 aromatic carbocycles. The fourth-order valence-electron chi connectivity index (χ4n) is 2.97. The summed E-state index contributed by atoms with van der Waals surface area (Å²) in [7, 11) is 1.66. The lowest BCUT2D eigenvalue weighted by molar-refractivity contribution is -0.120. The number of rotatable bonds is 9. The molecule has 0 aliphatic heterocycles. The fourth-order valence-corrected chi connectivity index (χ4v) is 3.82. The zero-order valence-electron chi connectivity index (χ0n) is 15.8. The van der Waals surface area contributed by atoms with Crippen LogP contribution in [0.1, 0.15) is 18.7 Å². The largest absolute Gasteiger partial charge is 0.497 e.